The number of aromatic nitrogens is 3. The smallest absolute Gasteiger partial charge is 0.305 e. The van der Waals surface area contributed by atoms with Gasteiger partial charge >= 0.3 is 5.97 Å². The first-order chi connectivity index (χ1) is 9.97. The summed E-state index contributed by atoms with van der Waals surface area (Å²) in [5.41, 5.74) is 0. The van der Waals surface area contributed by atoms with Crippen LogP contribution in [0.1, 0.15) is 39.2 Å². The topological polar surface area (TPSA) is 97.1 Å². The number of amides is 1. The van der Waals surface area contributed by atoms with Gasteiger partial charge in [-0.3, -0.25) is 9.59 Å². The standard InChI is InChI=1S/C13H20N4O3S/c1-8(2)17-7-14-16-13(17)21-6-11(18)15-10(5-12(19)20)9-3-4-9/h7-10H,3-6H2,1-2H3,(H,15,18)(H,19,20). The molecule has 1 unspecified atom stereocenters. The molecular formula is C13H20N4O3S. The molecule has 1 aliphatic carbocycles. The van der Waals surface area contributed by atoms with Gasteiger partial charge in [-0.05, 0) is 32.6 Å². The lowest BCUT2D eigenvalue weighted by Crippen LogP contribution is -2.39. The van der Waals surface area contributed by atoms with Gasteiger partial charge in [-0.2, -0.15) is 0 Å². The summed E-state index contributed by atoms with van der Waals surface area (Å²) in [7, 11) is 0. The third-order valence-corrected chi connectivity index (χ3v) is 4.32. The summed E-state index contributed by atoms with van der Waals surface area (Å²) in [6, 6.07) is -0.0182. The van der Waals surface area contributed by atoms with Crippen molar-refractivity contribution in [3.05, 3.63) is 6.33 Å². The summed E-state index contributed by atoms with van der Waals surface area (Å²) in [5, 5.41) is 20.2. The number of carbonyl (C=O) groups is 2. The highest BCUT2D eigenvalue weighted by molar-refractivity contribution is 7.99. The highest BCUT2D eigenvalue weighted by Crippen LogP contribution is 2.34. The van der Waals surface area contributed by atoms with Crippen molar-refractivity contribution in [2.75, 3.05) is 5.75 Å². The van der Waals surface area contributed by atoms with Gasteiger partial charge in [0.15, 0.2) is 5.16 Å². The van der Waals surface area contributed by atoms with Crippen molar-refractivity contribution in [2.45, 2.75) is 50.4 Å². The summed E-state index contributed by atoms with van der Waals surface area (Å²) in [6.07, 6.45) is 3.62. The SMILES string of the molecule is CC(C)n1cnnc1SCC(=O)NC(CC(=O)O)C1CC1. The molecule has 1 aliphatic rings. The van der Waals surface area contributed by atoms with Crippen LogP contribution < -0.4 is 5.32 Å². The van der Waals surface area contributed by atoms with Gasteiger partial charge in [-0.15, -0.1) is 10.2 Å². The van der Waals surface area contributed by atoms with E-state index in [1.807, 2.05) is 18.4 Å². The van der Waals surface area contributed by atoms with Crippen molar-refractivity contribution >= 4 is 23.6 Å². The first-order valence-electron chi connectivity index (χ1n) is 7.01. The van der Waals surface area contributed by atoms with Gasteiger partial charge in [0.05, 0.1) is 12.2 Å². The van der Waals surface area contributed by atoms with Crippen molar-refractivity contribution in [1.82, 2.24) is 20.1 Å². The molecule has 7 nitrogen and oxygen atoms in total. The predicted molar refractivity (Wildman–Crippen MR) is 78.0 cm³/mol. The van der Waals surface area contributed by atoms with Crippen LogP contribution in [0, 0.1) is 5.92 Å². The minimum absolute atomic E-state index is 0.0107. The van der Waals surface area contributed by atoms with E-state index < -0.39 is 5.97 Å². The van der Waals surface area contributed by atoms with Crippen LogP contribution in [0.15, 0.2) is 11.5 Å². The summed E-state index contributed by atoms with van der Waals surface area (Å²) in [6.45, 7) is 4.03. The molecule has 0 bridgehead atoms. The lowest BCUT2D eigenvalue weighted by molar-refractivity contribution is -0.137. The fourth-order valence-electron chi connectivity index (χ4n) is 2.09. The molecule has 2 N–H and O–H groups in total. The molecule has 116 valence electrons. The highest BCUT2D eigenvalue weighted by Gasteiger charge is 2.33. The van der Waals surface area contributed by atoms with E-state index in [2.05, 4.69) is 15.5 Å². The Morgan fingerprint density at radius 3 is 2.81 bits per heavy atom. The minimum atomic E-state index is -0.876. The van der Waals surface area contributed by atoms with Crippen molar-refractivity contribution in [3.63, 3.8) is 0 Å². The Kier molecular flexibility index (Phi) is 5.22. The number of thioether (sulfide) groups is 1. The number of rotatable bonds is 8. The fourth-order valence-corrected chi connectivity index (χ4v) is 2.95. The molecule has 1 saturated carbocycles. The zero-order chi connectivity index (χ0) is 15.4. The van der Waals surface area contributed by atoms with Crippen LogP contribution in [0.3, 0.4) is 0 Å². The molecule has 1 heterocycles. The summed E-state index contributed by atoms with van der Waals surface area (Å²) >= 11 is 1.31. The molecule has 0 radical (unpaired) electrons. The van der Waals surface area contributed by atoms with Gasteiger partial charge in [0, 0.05) is 12.1 Å². The maximum atomic E-state index is 12.0. The third kappa shape index (κ3) is 4.73. The van der Waals surface area contributed by atoms with Gasteiger partial charge in [-0.1, -0.05) is 11.8 Å². The molecule has 0 aliphatic heterocycles. The van der Waals surface area contributed by atoms with Crippen LogP contribution >= 0.6 is 11.8 Å². The van der Waals surface area contributed by atoms with Crippen molar-refractivity contribution in [3.8, 4) is 0 Å². The number of hydrogen-bond acceptors (Lipinski definition) is 5. The number of aliphatic carboxylic acids is 1. The second-order valence-electron chi connectivity index (χ2n) is 5.51. The van der Waals surface area contributed by atoms with Gasteiger partial charge in [0.1, 0.15) is 6.33 Å². The van der Waals surface area contributed by atoms with Gasteiger partial charge in [0.2, 0.25) is 5.91 Å². The lowest BCUT2D eigenvalue weighted by atomic mass is 10.1. The second-order valence-corrected chi connectivity index (χ2v) is 6.46. The Hall–Kier alpha value is -1.57. The molecule has 21 heavy (non-hydrogen) atoms. The molecule has 2 rings (SSSR count). The lowest BCUT2D eigenvalue weighted by Gasteiger charge is -2.16. The zero-order valence-corrected chi connectivity index (χ0v) is 13.0. The van der Waals surface area contributed by atoms with E-state index >= 15 is 0 Å². The van der Waals surface area contributed by atoms with Crippen LogP contribution in [0.2, 0.25) is 0 Å². The minimum Gasteiger partial charge on any atom is -0.481 e. The van der Waals surface area contributed by atoms with E-state index in [0.29, 0.717) is 11.1 Å². The molecule has 0 aromatic carbocycles. The molecular weight excluding hydrogens is 292 g/mol. The van der Waals surface area contributed by atoms with Crippen molar-refractivity contribution < 1.29 is 14.7 Å². The Labute approximate surface area is 127 Å². The monoisotopic (exact) mass is 312 g/mol. The molecule has 0 spiro atoms. The van der Waals surface area contributed by atoms with Gasteiger partial charge in [-0.25, -0.2) is 0 Å². The first-order valence-corrected chi connectivity index (χ1v) is 7.99. The number of nitrogens with zero attached hydrogens (tertiary/aromatic N) is 3. The average Bonchev–Trinajstić information content (AvgIpc) is 3.13. The van der Waals surface area contributed by atoms with E-state index in [9.17, 15) is 9.59 Å². The number of carbonyl (C=O) groups excluding carboxylic acids is 1. The van der Waals surface area contributed by atoms with Crippen LogP contribution in [0.25, 0.3) is 0 Å². The first kappa shape index (κ1) is 15.8. The van der Waals surface area contributed by atoms with E-state index in [4.69, 9.17) is 5.11 Å². The normalized spacial score (nSPS) is 16.0. The van der Waals surface area contributed by atoms with E-state index in [1.165, 1.54) is 11.8 Å². The molecule has 1 aromatic rings. The van der Waals surface area contributed by atoms with E-state index in [-0.39, 0.29) is 30.2 Å². The van der Waals surface area contributed by atoms with Gasteiger partial charge in [0.25, 0.3) is 0 Å². The van der Waals surface area contributed by atoms with Crippen molar-refractivity contribution in [1.29, 1.82) is 0 Å². The molecule has 1 atom stereocenters. The Morgan fingerprint density at radius 2 is 2.24 bits per heavy atom. The number of nitrogens with one attached hydrogen (secondary N) is 1. The van der Waals surface area contributed by atoms with Crippen LogP contribution in [-0.4, -0.2) is 43.5 Å². The number of carboxylic acids is 1. The van der Waals surface area contributed by atoms with E-state index in [1.54, 1.807) is 6.33 Å². The summed E-state index contributed by atoms with van der Waals surface area (Å²) in [4.78, 5) is 22.8. The van der Waals surface area contributed by atoms with E-state index in [0.717, 1.165) is 12.8 Å². The van der Waals surface area contributed by atoms with Crippen LogP contribution in [-0.2, 0) is 9.59 Å². The largest absolute Gasteiger partial charge is 0.481 e. The molecule has 0 saturated heterocycles. The molecule has 8 heteroatoms. The Morgan fingerprint density at radius 1 is 1.52 bits per heavy atom. The van der Waals surface area contributed by atoms with Crippen LogP contribution in [0.4, 0.5) is 0 Å². The Balaban J connectivity index is 1.83. The number of carboxylic acid groups (broad SMARTS) is 1. The third-order valence-electron chi connectivity index (χ3n) is 3.36. The maximum absolute atomic E-state index is 12.0. The molecule has 1 aromatic heterocycles. The van der Waals surface area contributed by atoms with Gasteiger partial charge < -0.3 is 15.0 Å². The van der Waals surface area contributed by atoms with Crippen molar-refractivity contribution in [2.24, 2.45) is 5.92 Å². The second kappa shape index (κ2) is 6.93. The zero-order valence-electron chi connectivity index (χ0n) is 12.2. The number of hydrogen-bond donors (Lipinski definition) is 2. The predicted octanol–water partition coefficient (Wildman–Crippen LogP) is 1.32. The quantitative estimate of drug-likeness (QED) is 0.703. The Bertz CT molecular complexity index is 513. The summed E-state index contributed by atoms with van der Waals surface area (Å²) < 4.78 is 1.90. The average molecular weight is 312 g/mol. The summed E-state index contributed by atoms with van der Waals surface area (Å²) in [5.74, 6) is -0.501. The maximum Gasteiger partial charge on any atom is 0.305 e. The fraction of sp³-hybridized carbons (Fsp3) is 0.692. The van der Waals surface area contributed by atoms with Crippen LogP contribution in [0.5, 0.6) is 0 Å². The molecule has 1 fully saturated rings. The molecule has 1 amide bonds. The highest BCUT2D eigenvalue weighted by atomic mass is 32.2.